The Morgan fingerprint density at radius 2 is 1.81 bits per heavy atom. The van der Waals surface area contributed by atoms with Gasteiger partial charge in [-0.05, 0) is 61.6 Å². The quantitative estimate of drug-likeness (QED) is 0.551. The predicted octanol–water partition coefficient (Wildman–Crippen LogP) is 4.41. The van der Waals surface area contributed by atoms with Gasteiger partial charge in [0.2, 0.25) is 5.91 Å². The highest BCUT2D eigenvalue weighted by Gasteiger charge is 2.30. The molecule has 31 heavy (non-hydrogen) atoms. The highest BCUT2D eigenvalue weighted by molar-refractivity contribution is 5.83. The Kier molecular flexibility index (Phi) is 5.98. The monoisotopic (exact) mass is 421 g/mol. The first-order valence-electron chi connectivity index (χ1n) is 10.6. The van der Waals surface area contributed by atoms with E-state index in [4.69, 9.17) is 13.9 Å². The molecule has 0 N–H and O–H groups in total. The summed E-state index contributed by atoms with van der Waals surface area (Å²) in [6.45, 7) is 2.64. The van der Waals surface area contributed by atoms with Crippen molar-refractivity contribution in [2.45, 2.75) is 38.6 Å². The van der Waals surface area contributed by atoms with Crippen molar-refractivity contribution in [1.29, 1.82) is 0 Å². The average molecular weight is 421 g/mol. The lowest BCUT2D eigenvalue weighted by atomic mass is 10.0. The number of benzene rings is 2. The van der Waals surface area contributed by atoms with Gasteiger partial charge in [-0.15, -0.1) is 0 Å². The van der Waals surface area contributed by atoms with Gasteiger partial charge in [-0.2, -0.15) is 0 Å². The van der Waals surface area contributed by atoms with Crippen LogP contribution in [0, 0.1) is 6.92 Å². The van der Waals surface area contributed by atoms with Crippen molar-refractivity contribution < 1.29 is 18.7 Å². The number of amides is 1. The number of aryl methyl sites for hydroxylation is 1. The van der Waals surface area contributed by atoms with E-state index in [1.807, 2.05) is 48.2 Å². The molecule has 6 nitrogen and oxygen atoms in total. The van der Waals surface area contributed by atoms with Gasteiger partial charge in [0.1, 0.15) is 17.1 Å². The molecule has 0 spiro atoms. The fourth-order valence-corrected chi connectivity index (χ4v) is 4.40. The van der Waals surface area contributed by atoms with Gasteiger partial charge in [-0.1, -0.05) is 12.1 Å². The van der Waals surface area contributed by atoms with Gasteiger partial charge in [0.25, 0.3) is 0 Å². The predicted molar refractivity (Wildman–Crippen MR) is 119 cm³/mol. The van der Waals surface area contributed by atoms with Crippen LogP contribution in [0.5, 0.6) is 11.5 Å². The Balaban J connectivity index is 1.51. The molecule has 0 saturated carbocycles. The van der Waals surface area contributed by atoms with Crippen LogP contribution in [0.25, 0.3) is 11.0 Å². The first kappa shape index (κ1) is 21.0. The van der Waals surface area contributed by atoms with E-state index in [0.29, 0.717) is 23.3 Å². The Hall–Kier alpha value is -3.28. The van der Waals surface area contributed by atoms with Crippen LogP contribution in [0.15, 0.2) is 51.7 Å². The summed E-state index contributed by atoms with van der Waals surface area (Å²) in [6, 6.07) is 13.4. The zero-order valence-corrected chi connectivity index (χ0v) is 18.1. The normalized spacial score (nSPS) is 16.0. The van der Waals surface area contributed by atoms with E-state index in [1.165, 1.54) is 0 Å². The molecule has 0 radical (unpaired) electrons. The number of hydrogen-bond acceptors (Lipinski definition) is 5. The van der Waals surface area contributed by atoms with Crippen LogP contribution in [0.3, 0.4) is 0 Å². The SMILES string of the molecule is COc1ccc([C@H]2CCCN2C(=O)CCc2c(C)c3ccc(OC)cc3oc2=O)cc1. The van der Waals surface area contributed by atoms with Crippen molar-refractivity contribution in [2.24, 2.45) is 0 Å². The van der Waals surface area contributed by atoms with Crippen LogP contribution in [0.2, 0.25) is 0 Å². The first-order valence-corrected chi connectivity index (χ1v) is 10.6. The molecule has 0 bridgehead atoms. The van der Waals surface area contributed by atoms with Crippen molar-refractivity contribution >= 4 is 16.9 Å². The third-order valence-electron chi connectivity index (χ3n) is 6.16. The Morgan fingerprint density at radius 1 is 1.10 bits per heavy atom. The third kappa shape index (κ3) is 4.15. The fraction of sp³-hybridized carbons (Fsp3) is 0.360. The van der Waals surface area contributed by atoms with E-state index in [-0.39, 0.29) is 24.0 Å². The molecule has 0 aliphatic carbocycles. The van der Waals surface area contributed by atoms with E-state index < -0.39 is 0 Å². The molecule has 1 aliphatic rings. The molecule has 4 rings (SSSR count). The summed E-state index contributed by atoms with van der Waals surface area (Å²) in [6.07, 6.45) is 2.55. The molecule has 1 amide bonds. The van der Waals surface area contributed by atoms with E-state index in [0.717, 1.165) is 41.6 Å². The van der Waals surface area contributed by atoms with Gasteiger partial charge < -0.3 is 18.8 Å². The Bertz CT molecular complexity index is 1150. The molecule has 6 heteroatoms. The summed E-state index contributed by atoms with van der Waals surface area (Å²) in [5, 5.41) is 0.861. The zero-order chi connectivity index (χ0) is 22.0. The molecule has 1 aliphatic heterocycles. The molecule has 2 heterocycles. The number of methoxy groups -OCH3 is 2. The maximum absolute atomic E-state index is 13.0. The van der Waals surface area contributed by atoms with Gasteiger partial charge in [0.05, 0.1) is 20.3 Å². The molecule has 162 valence electrons. The van der Waals surface area contributed by atoms with E-state index in [9.17, 15) is 9.59 Å². The number of carbonyl (C=O) groups is 1. The molecule has 1 saturated heterocycles. The van der Waals surface area contributed by atoms with E-state index >= 15 is 0 Å². The van der Waals surface area contributed by atoms with Gasteiger partial charge in [0, 0.05) is 30.0 Å². The number of nitrogens with zero attached hydrogens (tertiary/aromatic N) is 1. The van der Waals surface area contributed by atoms with Crippen molar-refractivity contribution in [3.63, 3.8) is 0 Å². The van der Waals surface area contributed by atoms with E-state index in [2.05, 4.69) is 0 Å². The topological polar surface area (TPSA) is 69.0 Å². The first-order chi connectivity index (χ1) is 15.0. The largest absolute Gasteiger partial charge is 0.497 e. The number of hydrogen-bond donors (Lipinski definition) is 0. The molecule has 1 fully saturated rings. The number of carbonyl (C=O) groups excluding carboxylic acids is 1. The minimum absolute atomic E-state index is 0.0620. The number of likely N-dealkylation sites (tertiary alicyclic amines) is 1. The van der Waals surface area contributed by atoms with Crippen LogP contribution in [-0.2, 0) is 11.2 Å². The Morgan fingerprint density at radius 3 is 2.52 bits per heavy atom. The maximum Gasteiger partial charge on any atom is 0.339 e. The molecular weight excluding hydrogens is 394 g/mol. The molecule has 1 atom stereocenters. The lowest BCUT2D eigenvalue weighted by Gasteiger charge is -2.25. The van der Waals surface area contributed by atoms with Crippen LogP contribution in [0.4, 0.5) is 0 Å². The lowest BCUT2D eigenvalue weighted by molar-refractivity contribution is -0.132. The van der Waals surface area contributed by atoms with Crippen molar-refractivity contribution in [3.05, 3.63) is 69.6 Å². The summed E-state index contributed by atoms with van der Waals surface area (Å²) in [7, 11) is 3.21. The summed E-state index contributed by atoms with van der Waals surface area (Å²) < 4.78 is 16.0. The molecule has 3 aromatic rings. The summed E-state index contributed by atoms with van der Waals surface area (Å²) in [4.78, 5) is 27.6. The highest BCUT2D eigenvalue weighted by atomic mass is 16.5. The second kappa shape index (κ2) is 8.84. The van der Waals surface area contributed by atoms with Crippen LogP contribution in [0.1, 0.15) is 42.0 Å². The third-order valence-corrected chi connectivity index (χ3v) is 6.16. The summed E-state index contributed by atoms with van der Waals surface area (Å²) in [5.74, 6) is 1.50. The van der Waals surface area contributed by atoms with Crippen molar-refractivity contribution in [2.75, 3.05) is 20.8 Å². The molecule has 1 aromatic heterocycles. The number of rotatable bonds is 6. The van der Waals surface area contributed by atoms with Gasteiger partial charge >= 0.3 is 5.63 Å². The molecule has 0 unspecified atom stereocenters. The molecular formula is C25H27NO5. The van der Waals surface area contributed by atoms with Crippen molar-refractivity contribution in [1.82, 2.24) is 4.90 Å². The standard InChI is InChI=1S/C25H27NO5/c1-16-20-11-10-19(30-3)15-23(20)31-25(28)21(16)12-13-24(27)26-14-4-5-22(26)17-6-8-18(29-2)9-7-17/h6-11,15,22H,4-5,12-14H2,1-3H3/t22-/m1/s1. The van der Waals surface area contributed by atoms with Gasteiger partial charge in [0.15, 0.2) is 0 Å². The van der Waals surface area contributed by atoms with Crippen LogP contribution >= 0.6 is 0 Å². The van der Waals surface area contributed by atoms with Gasteiger partial charge in [-0.3, -0.25) is 4.79 Å². The zero-order valence-electron chi connectivity index (χ0n) is 18.1. The minimum atomic E-state index is -0.390. The van der Waals surface area contributed by atoms with Crippen molar-refractivity contribution in [3.8, 4) is 11.5 Å². The smallest absolute Gasteiger partial charge is 0.339 e. The summed E-state index contributed by atoms with van der Waals surface area (Å²) >= 11 is 0. The summed E-state index contributed by atoms with van der Waals surface area (Å²) in [5.41, 5.74) is 2.64. The second-order valence-electron chi connectivity index (χ2n) is 7.87. The highest BCUT2D eigenvalue weighted by Crippen LogP contribution is 2.33. The Labute approximate surface area is 181 Å². The minimum Gasteiger partial charge on any atom is -0.497 e. The number of fused-ring (bicyclic) bond motifs is 1. The number of ether oxygens (including phenoxy) is 2. The average Bonchev–Trinajstić information content (AvgIpc) is 3.28. The van der Waals surface area contributed by atoms with E-state index in [1.54, 1.807) is 20.3 Å². The lowest BCUT2D eigenvalue weighted by Crippen LogP contribution is -2.31. The van der Waals surface area contributed by atoms with Crippen LogP contribution in [-0.4, -0.2) is 31.6 Å². The molecule has 2 aromatic carbocycles. The van der Waals surface area contributed by atoms with Gasteiger partial charge in [-0.25, -0.2) is 4.79 Å². The van der Waals surface area contributed by atoms with Crippen LogP contribution < -0.4 is 15.1 Å². The fourth-order valence-electron chi connectivity index (χ4n) is 4.40. The maximum atomic E-state index is 13.0. The second-order valence-corrected chi connectivity index (χ2v) is 7.87.